The fourth-order valence-electron chi connectivity index (χ4n) is 2.18. The van der Waals surface area contributed by atoms with Crippen molar-refractivity contribution in [1.29, 1.82) is 0 Å². The molecule has 0 unspecified atom stereocenters. The average Bonchev–Trinajstić information content (AvgIpc) is 2.51. The van der Waals surface area contributed by atoms with Crippen molar-refractivity contribution in [1.82, 2.24) is 0 Å². The zero-order chi connectivity index (χ0) is 12.9. The summed E-state index contributed by atoms with van der Waals surface area (Å²) in [7, 11) is -0.446. The minimum atomic E-state index is -0.446. The summed E-state index contributed by atoms with van der Waals surface area (Å²) in [4.78, 5) is 0. The van der Waals surface area contributed by atoms with Crippen molar-refractivity contribution in [2.45, 2.75) is 0 Å². The predicted octanol–water partition coefficient (Wildman–Crippen LogP) is 3.44. The summed E-state index contributed by atoms with van der Waals surface area (Å²) in [5.74, 6) is 0. The SMILES string of the molecule is [Pt].[Pt].c1ccc(P(c2ccccc2)c2ccccc2)cc1. The quantitative estimate of drug-likeness (QED) is 0.381. The van der Waals surface area contributed by atoms with Gasteiger partial charge >= 0.3 is 0 Å². The van der Waals surface area contributed by atoms with Gasteiger partial charge in [-0.15, -0.1) is 0 Å². The Morgan fingerprint density at radius 2 is 0.619 bits per heavy atom. The number of hydrogen-bond acceptors (Lipinski definition) is 0. The third kappa shape index (κ3) is 4.72. The van der Waals surface area contributed by atoms with E-state index in [1.165, 1.54) is 15.9 Å². The van der Waals surface area contributed by atoms with E-state index in [9.17, 15) is 0 Å². The molecule has 3 heteroatoms. The van der Waals surface area contributed by atoms with Gasteiger partial charge in [0.05, 0.1) is 0 Å². The smallest absolute Gasteiger partial charge is 0 e. The first kappa shape index (κ1) is 18.5. The molecule has 0 spiro atoms. The largest absolute Gasteiger partial charge is 0.0622 e. The molecule has 0 amide bonds. The Morgan fingerprint density at radius 3 is 0.857 bits per heavy atom. The van der Waals surface area contributed by atoms with Crippen LogP contribution in [-0.4, -0.2) is 0 Å². The van der Waals surface area contributed by atoms with Crippen LogP contribution in [0.3, 0.4) is 0 Å². The van der Waals surface area contributed by atoms with Crippen molar-refractivity contribution >= 4 is 23.8 Å². The maximum Gasteiger partial charge on any atom is 0 e. The Kier molecular flexibility index (Phi) is 8.36. The zero-order valence-corrected chi connectivity index (χ0v) is 16.7. The molecule has 0 aliphatic rings. The van der Waals surface area contributed by atoms with Gasteiger partial charge in [0.1, 0.15) is 0 Å². The van der Waals surface area contributed by atoms with Gasteiger partial charge in [0.15, 0.2) is 0 Å². The molecule has 112 valence electrons. The van der Waals surface area contributed by atoms with E-state index in [1.54, 1.807) is 0 Å². The summed E-state index contributed by atoms with van der Waals surface area (Å²) in [5.41, 5.74) is 0. The molecule has 0 saturated heterocycles. The van der Waals surface area contributed by atoms with E-state index in [4.69, 9.17) is 0 Å². The molecule has 0 atom stereocenters. The molecule has 0 bridgehead atoms. The summed E-state index contributed by atoms with van der Waals surface area (Å²) >= 11 is 0. The molecular weight excluding hydrogens is 637 g/mol. The maximum atomic E-state index is 2.23. The van der Waals surface area contributed by atoms with Crippen LogP contribution in [0.2, 0.25) is 0 Å². The van der Waals surface area contributed by atoms with E-state index in [0.29, 0.717) is 0 Å². The van der Waals surface area contributed by atoms with Crippen LogP contribution in [0.25, 0.3) is 0 Å². The molecular formula is C18H15PPt2. The minimum Gasteiger partial charge on any atom is -0.0622 e. The summed E-state index contributed by atoms with van der Waals surface area (Å²) in [6, 6.07) is 32.3. The summed E-state index contributed by atoms with van der Waals surface area (Å²) < 4.78 is 0. The molecule has 0 saturated carbocycles. The fourth-order valence-corrected chi connectivity index (χ4v) is 4.48. The maximum absolute atomic E-state index is 2.23. The predicted molar refractivity (Wildman–Crippen MR) is 85.1 cm³/mol. The van der Waals surface area contributed by atoms with Crippen molar-refractivity contribution in [3.05, 3.63) is 91.0 Å². The topological polar surface area (TPSA) is 0 Å². The van der Waals surface area contributed by atoms with Crippen LogP contribution in [0, 0.1) is 0 Å². The molecule has 0 aliphatic heterocycles. The molecule has 21 heavy (non-hydrogen) atoms. The van der Waals surface area contributed by atoms with Gasteiger partial charge in [-0.25, -0.2) is 0 Å². The van der Waals surface area contributed by atoms with E-state index in [1.807, 2.05) is 0 Å². The molecule has 3 aromatic carbocycles. The molecule has 0 fully saturated rings. The first-order valence-electron chi connectivity index (χ1n) is 6.40. The zero-order valence-electron chi connectivity index (χ0n) is 11.2. The van der Waals surface area contributed by atoms with Crippen molar-refractivity contribution in [3.8, 4) is 0 Å². The third-order valence-corrected chi connectivity index (χ3v) is 5.49. The summed E-state index contributed by atoms with van der Waals surface area (Å²) in [6.07, 6.45) is 0. The normalized spacial score (nSPS) is 9.57. The second-order valence-electron chi connectivity index (χ2n) is 4.34. The van der Waals surface area contributed by atoms with E-state index in [-0.39, 0.29) is 42.1 Å². The van der Waals surface area contributed by atoms with Gasteiger partial charge in [-0.05, 0) is 23.8 Å². The molecule has 0 radical (unpaired) electrons. The number of rotatable bonds is 3. The van der Waals surface area contributed by atoms with Gasteiger partial charge in [-0.2, -0.15) is 0 Å². The van der Waals surface area contributed by atoms with Crippen LogP contribution in [0.4, 0.5) is 0 Å². The van der Waals surface area contributed by atoms with E-state index >= 15 is 0 Å². The number of benzene rings is 3. The van der Waals surface area contributed by atoms with Crippen molar-refractivity contribution in [2.75, 3.05) is 0 Å². The Labute approximate surface area is 156 Å². The van der Waals surface area contributed by atoms with Gasteiger partial charge in [0.2, 0.25) is 0 Å². The first-order valence-corrected chi connectivity index (χ1v) is 7.74. The average molecular weight is 652 g/mol. The summed E-state index contributed by atoms with van der Waals surface area (Å²) in [5, 5.41) is 4.19. The van der Waals surface area contributed by atoms with Crippen LogP contribution in [0.1, 0.15) is 0 Å². The molecule has 0 N–H and O–H groups in total. The van der Waals surface area contributed by atoms with Crippen molar-refractivity contribution < 1.29 is 42.1 Å². The molecule has 0 nitrogen and oxygen atoms in total. The van der Waals surface area contributed by atoms with E-state index in [2.05, 4.69) is 91.0 Å². The van der Waals surface area contributed by atoms with Gasteiger partial charge in [-0.1, -0.05) is 91.0 Å². The van der Waals surface area contributed by atoms with Crippen molar-refractivity contribution in [2.24, 2.45) is 0 Å². The standard InChI is InChI=1S/C18H15P.2Pt/c1-4-10-16(11-5-1)19(17-12-6-2-7-13-17)18-14-8-3-9-15-18;;/h1-15H;;. The van der Waals surface area contributed by atoms with Gasteiger partial charge in [0.25, 0.3) is 0 Å². The van der Waals surface area contributed by atoms with Crippen LogP contribution in [-0.2, 0) is 42.1 Å². The Bertz CT molecular complexity index is 533. The van der Waals surface area contributed by atoms with Gasteiger partial charge in [-0.3, -0.25) is 0 Å². The monoisotopic (exact) mass is 652 g/mol. The molecule has 3 aromatic rings. The molecule has 0 aromatic heterocycles. The second kappa shape index (κ2) is 9.48. The Morgan fingerprint density at radius 1 is 0.381 bits per heavy atom. The van der Waals surface area contributed by atoms with Crippen LogP contribution in [0.15, 0.2) is 91.0 Å². The fraction of sp³-hybridized carbons (Fsp3) is 0. The van der Waals surface area contributed by atoms with Crippen molar-refractivity contribution in [3.63, 3.8) is 0 Å². The Balaban J connectivity index is 0.00000110. The third-order valence-electron chi connectivity index (χ3n) is 3.04. The van der Waals surface area contributed by atoms with E-state index < -0.39 is 7.92 Å². The first-order chi connectivity index (χ1) is 9.45. The molecule has 3 rings (SSSR count). The van der Waals surface area contributed by atoms with Crippen LogP contribution < -0.4 is 15.9 Å². The summed E-state index contributed by atoms with van der Waals surface area (Å²) in [6.45, 7) is 0. The van der Waals surface area contributed by atoms with Gasteiger partial charge < -0.3 is 0 Å². The minimum absolute atomic E-state index is 0. The van der Waals surface area contributed by atoms with E-state index in [0.717, 1.165) is 0 Å². The second-order valence-corrected chi connectivity index (χ2v) is 6.56. The molecule has 0 heterocycles. The van der Waals surface area contributed by atoms with Crippen LogP contribution in [0.5, 0.6) is 0 Å². The van der Waals surface area contributed by atoms with Crippen LogP contribution >= 0.6 is 7.92 Å². The molecule has 0 aliphatic carbocycles. The number of hydrogen-bond donors (Lipinski definition) is 0. The Hall–Kier alpha value is -0.533. The van der Waals surface area contributed by atoms with Gasteiger partial charge in [0, 0.05) is 42.1 Å².